The van der Waals surface area contributed by atoms with Crippen molar-refractivity contribution in [2.24, 2.45) is 0 Å². The minimum absolute atomic E-state index is 0.126. The Kier molecular flexibility index (Phi) is 5.58. The highest BCUT2D eigenvalue weighted by Crippen LogP contribution is 2.22. The van der Waals surface area contributed by atoms with Crippen LogP contribution in [-0.2, 0) is 4.79 Å². The SMILES string of the molecule is CC(=O)C(CN[C@H]1CC[C@H](O)CC1)c1ccc(Cl)cc1. The number of Topliss-reactive ketones (excluding diaryl/α,β-unsaturated/α-hetero) is 1. The highest BCUT2D eigenvalue weighted by molar-refractivity contribution is 6.30. The van der Waals surface area contributed by atoms with Crippen LogP contribution in [0.3, 0.4) is 0 Å². The lowest BCUT2D eigenvalue weighted by molar-refractivity contribution is -0.118. The Morgan fingerprint density at radius 1 is 1.30 bits per heavy atom. The standard InChI is InChI=1S/C16H22ClNO2/c1-11(19)16(12-2-4-13(17)5-3-12)10-18-14-6-8-15(20)9-7-14/h2-5,14-16,18,20H,6-10H2,1H3/t14-,15-,16?. The van der Waals surface area contributed by atoms with Gasteiger partial charge in [0.15, 0.2) is 0 Å². The van der Waals surface area contributed by atoms with E-state index in [0.717, 1.165) is 31.2 Å². The van der Waals surface area contributed by atoms with Crippen molar-refractivity contribution >= 4 is 17.4 Å². The Labute approximate surface area is 125 Å². The molecule has 1 aromatic carbocycles. The Morgan fingerprint density at radius 3 is 2.45 bits per heavy atom. The van der Waals surface area contributed by atoms with Crippen molar-refractivity contribution in [1.29, 1.82) is 0 Å². The highest BCUT2D eigenvalue weighted by atomic mass is 35.5. The topological polar surface area (TPSA) is 49.3 Å². The van der Waals surface area contributed by atoms with Gasteiger partial charge in [-0.15, -0.1) is 0 Å². The molecule has 0 saturated heterocycles. The number of aliphatic hydroxyl groups excluding tert-OH is 1. The van der Waals surface area contributed by atoms with E-state index in [2.05, 4.69) is 5.32 Å². The number of halogens is 1. The lowest BCUT2D eigenvalue weighted by atomic mass is 9.91. The van der Waals surface area contributed by atoms with Crippen LogP contribution in [-0.4, -0.2) is 29.6 Å². The number of carbonyl (C=O) groups excluding carboxylic acids is 1. The zero-order valence-corrected chi connectivity index (χ0v) is 12.6. The summed E-state index contributed by atoms with van der Waals surface area (Å²) in [6, 6.07) is 7.89. The van der Waals surface area contributed by atoms with Crippen molar-refractivity contribution in [1.82, 2.24) is 5.32 Å². The molecule has 0 spiro atoms. The number of carbonyl (C=O) groups is 1. The average Bonchev–Trinajstić information content (AvgIpc) is 2.43. The van der Waals surface area contributed by atoms with Gasteiger partial charge in [0.05, 0.1) is 12.0 Å². The van der Waals surface area contributed by atoms with Gasteiger partial charge < -0.3 is 10.4 Å². The first kappa shape index (κ1) is 15.5. The largest absolute Gasteiger partial charge is 0.393 e. The first-order valence-electron chi connectivity index (χ1n) is 7.23. The second-order valence-electron chi connectivity index (χ2n) is 5.63. The number of hydrogen-bond acceptors (Lipinski definition) is 3. The van der Waals surface area contributed by atoms with E-state index in [1.54, 1.807) is 6.92 Å². The average molecular weight is 296 g/mol. The molecule has 1 aliphatic carbocycles. The van der Waals surface area contributed by atoms with E-state index in [9.17, 15) is 9.90 Å². The van der Waals surface area contributed by atoms with E-state index >= 15 is 0 Å². The summed E-state index contributed by atoms with van der Waals surface area (Å²) in [7, 11) is 0. The number of aliphatic hydroxyl groups is 1. The fourth-order valence-electron chi connectivity index (χ4n) is 2.76. The van der Waals surface area contributed by atoms with Gasteiger partial charge in [0.25, 0.3) is 0 Å². The molecule has 0 bridgehead atoms. The molecule has 2 N–H and O–H groups in total. The van der Waals surface area contributed by atoms with E-state index in [4.69, 9.17) is 11.6 Å². The van der Waals surface area contributed by atoms with Gasteiger partial charge >= 0.3 is 0 Å². The molecule has 2 rings (SSSR count). The summed E-state index contributed by atoms with van der Waals surface area (Å²) in [6.45, 7) is 2.28. The molecule has 0 heterocycles. The molecule has 110 valence electrons. The molecule has 0 aromatic heterocycles. The quantitative estimate of drug-likeness (QED) is 0.878. The van der Waals surface area contributed by atoms with Crippen molar-refractivity contribution in [3.05, 3.63) is 34.9 Å². The zero-order valence-electron chi connectivity index (χ0n) is 11.8. The molecule has 1 aromatic rings. The molecular weight excluding hydrogens is 274 g/mol. The van der Waals surface area contributed by atoms with E-state index < -0.39 is 0 Å². The zero-order chi connectivity index (χ0) is 14.5. The van der Waals surface area contributed by atoms with E-state index in [1.165, 1.54) is 0 Å². The summed E-state index contributed by atoms with van der Waals surface area (Å²) < 4.78 is 0. The van der Waals surface area contributed by atoms with Gasteiger partial charge in [-0.3, -0.25) is 4.79 Å². The van der Waals surface area contributed by atoms with Crippen LogP contribution in [0.1, 0.15) is 44.1 Å². The Hall–Kier alpha value is -0.900. The monoisotopic (exact) mass is 295 g/mol. The van der Waals surface area contributed by atoms with Crippen LogP contribution in [0.2, 0.25) is 5.02 Å². The summed E-state index contributed by atoms with van der Waals surface area (Å²) in [4.78, 5) is 11.8. The van der Waals surface area contributed by atoms with Gasteiger partial charge in [0, 0.05) is 17.6 Å². The van der Waals surface area contributed by atoms with Crippen molar-refractivity contribution < 1.29 is 9.90 Å². The van der Waals surface area contributed by atoms with Crippen molar-refractivity contribution in [2.75, 3.05) is 6.54 Å². The van der Waals surface area contributed by atoms with Crippen LogP contribution >= 0.6 is 11.6 Å². The molecule has 4 heteroatoms. The molecule has 1 saturated carbocycles. The molecule has 1 aliphatic rings. The summed E-state index contributed by atoms with van der Waals surface area (Å²) in [5.74, 6) is 0.0368. The molecular formula is C16H22ClNO2. The molecule has 0 aliphatic heterocycles. The fraction of sp³-hybridized carbons (Fsp3) is 0.562. The van der Waals surface area contributed by atoms with Crippen molar-refractivity contribution in [3.63, 3.8) is 0 Å². The van der Waals surface area contributed by atoms with Gasteiger partial charge in [-0.1, -0.05) is 23.7 Å². The molecule has 1 fully saturated rings. The predicted molar refractivity (Wildman–Crippen MR) is 81.1 cm³/mol. The number of rotatable bonds is 5. The Balaban J connectivity index is 1.93. The van der Waals surface area contributed by atoms with Gasteiger partial charge in [-0.05, 0) is 50.3 Å². The van der Waals surface area contributed by atoms with Crippen molar-refractivity contribution in [2.45, 2.75) is 50.7 Å². The van der Waals surface area contributed by atoms with Crippen LogP contribution in [0.5, 0.6) is 0 Å². The van der Waals surface area contributed by atoms with Crippen LogP contribution < -0.4 is 5.32 Å². The lowest BCUT2D eigenvalue weighted by Gasteiger charge is -2.27. The third-order valence-electron chi connectivity index (χ3n) is 4.07. The number of hydrogen-bond donors (Lipinski definition) is 2. The van der Waals surface area contributed by atoms with Gasteiger partial charge in [-0.25, -0.2) is 0 Å². The summed E-state index contributed by atoms with van der Waals surface area (Å²) >= 11 is 5.88. The highest BCUT2D eigenvalue weighted by Gasteiger charge is 2.22. The summed E-state index contributed by atoms with van der Waals surface area (Å²) in [5, 5.41) is 13.7. The molecule has 20 heavy (non-hydrogen) atoms. The van der Waals surface area contributed by atoms with Crippen LogP contribution in [0.4, 0.5) is 0 Å². The van der Waals surface area contributed by atoms with Crippen LogP contribution in [0.15, 0.2) is 24.3 Å². The second kappa shape index (κ2) is 7.21. The maximum Gasteiger partial charge on any atom is 0.138 e. The predicted octanol–water partition coefficient (Wildman–Crippen LogP) is 2.91. The minimum atomic E-state index is -0.145. The molecule has 1 unspecified atom stereocenters. The van der Waals surface area contributed by atoms with Gasteiger partial charge in [0.2, 0.25) is 0 Å². The maximum atomic E-state index is 11.8. The second-order valence-corrected chi connectivity index (χ2v) is 6.06. The lowest BCUT2D eigenvalue weighted by Crippen LogP contribution is -2.38. The van der Waals surface area contributed by atoms with Crippen LogP contribution in [0.25, 0.3) is 0 Å². The molecule has 1 atom stereocenters. The third kappa shape index (κ3) is 4.30. The van der Waals surface area contributed by atoms with E-state index in [-0.39, 0.29) is 17.8 Å². The number of ketones is 1. The molecule has 3 nitrogen and oxygen atoms in total. The Morgan fingerprint density at radius 2 is 1.90 bits per heavy atom. The third-order valence-corrected chi connectivity index (χ3v) is 4.32. The normalized spacial score (nSPS) is 24.4. The van der Waals surface area contributed by atoms with Gasteiger partial charge in [0.1, 0.15) is 5.78 Å². The van der Waals surface area contributed by atoms with Crippen molar-refractivity contribution in [3.8, 4) is 0 Å². The Bertz CT molecular complexity index is 438. The molecule has 0 radical (unpaired) electrons. The number of nitrogens with one attached hydrogen (secondary N) is 1. The first-order valence-corrected chi connectivity index (χ1v) is 7.61. The first-order chi connectivity index (χ1) is 9.56. The van der Waals surface area contributed by atoms with Gasteiger partial charge in [-0.2, -0.15) is 0 Å². The smallest absolute Gasteiger partial charge is 0.138 e. The minimum Gasteiger partial charge on any atom is -0.393 e. The summed E-state index contributed by atoms with van der Waals surface area (Å²) in [5.41, 5.74) is 1.00. The molecule has 0 amide bonds. The fourth-order valence-corrected chi connectivity index (χ4v) is 2.88. The van der Waals surface area contributed by atoms with E-state index in [0.29, 0.717) is 17.6 Å². The van der Waals surface area contributed by atoms with E-state index in [1.807, 2.05) is 24.3 Å². The summed E-state index contributed by atoms with van der Waals surface area (Å²) in [6.07, 6.45) is 3.51. The number of benzene rings is 1. The van der Waals surface area contributed by atoms with Crippen LogP contribution in [0, 0.1) is 0 Å². The maximum absolute atomic E-state index is 11.8.